The van der Waals surface area contributed by atoms with Crippen molar-refractivity contribution in [2.75, 3.05) is 11.9 Å². The first kappa shape index (κ1) is 17.6. The highest BCUT2D eigenvalue weighted by Gasteiger charge is 2.21. The van der Waals surface area contributed by atoms with Gasteiger partial charge in [-0.1, -0.05) is 60.7 Å². The van der Waals surface area contributed by atoms with Gasteiger partial charge in [-0.15, -0.1) is 0 Å². The summed E-state index contributed by atoms with van der Waals surface area (Å²) in [5.74, 6) is -0.634. The summed E-state index contributed by atoms with van der Waals surface area (Å²) >= 11 is 0. The number of anilines is 1. The third kappa shape index (κ3) is 4.46. The van der Waals surface area contributed by atoms with Crippen molar-refractivity contribution in [2.45, 2.75) is 12.5 Å². The molecule has 3 aromatic carbocycles. The van der Waals surface area contributed by atoms with Crippen molar-refractivity contribution in [2.24, 2.45) is 5.73 Å². The summed E-state index contributed by atoms with van der Waals surface area (Å²) in [6, 6.07) is 22.5. The van der Waals surface area contributed by atoms with E-state index in [-0.39, 0.29) is 18.4 Å². The Bertz CT molecular complexity index is 909. The SMILES string of the molecule is NCC(=O)N[C@@H](Cc1ccccc1)C(=O)Nc1ccc2ccccc2c1. The van der Waals surface area contributed by atoms with E-state index < -0.39 is 6.04 Å². The van der Waals surface area contributed by atoms with E-state index in [4.69, 9.17) is 5.73 Å². The van der Waals surface area contributed by atoms with Gasteiger partial charge in [0.15, 0.2) is 0 Å². The van der Waals surface area contributed by atoms with E-state index in [0.29, 0.717) is 12.1 Å². The molecule has 5 heteroatoms. The monoisotopic (exact) mass is 347 g/mol. The summed E-state index contributed by atoms with van der Waals surface area (Å²) in [5, 5.41) is 7.72. The van der Waals surface area contributed by atoms with Crippen molar-refractivity contribution >= 4 is 28.3 Å². The van der Waals surface area contributed by atoms with Gasteiger partial charge in [0.05, 0.1) is 6.54 Å². The summed E-state index contributed by atoms with van der Waals surface area (Å²) in [5.41, 5.74) is 7.04. The van der Waals surface area contributed by atoms with Crippen LogP contribution in [0.5, 0.6) is 0 Å². The summed E-state index contributed by atoms with van der Waals surface area (Å²) in [6.45, 7) is -0.158. The average molecular weight is 347 g/mol. The third-order valence-corrected chi connectivity index (χ3v) is 4.14. The molecular weight excluding hydrogens is 326 g/mol. The van der Waals surface area contributed by atoms with Gasteiger partial charge in [0.2, 0.25) is 11.8 Å². The van der Waals surface area contributed by atoms with Crippen molar-refractivity contribution in [1.29, 1.82) is 0 Å². The molecule has 2 amide bonds. The Morgan fingerprint density at radius 1 is 0.885 bits per heavy atom. The number of hydrogen-bond acceptors (Lipinski definition) is 3. The first-order chi connectivity index (χ1) is 12.7. The number of amides is 2. The van der Waals surface area contributed by atoms with Crippen molar-refractivity contribution in [3.05, 3.63) is 78.4 Å². The lowest BCUT2D eigenvalue weighted by Gasteiger charge is -2.18. The number of hydrogen-bond donors (Lipinski definition) is 3. The summed E-state index contributed by atoms with van der Waals surface area (Å²) in [7, 11) is 0. The number of rotatable bonds is 6. The predicted octanol–water partition coefficient (Wildman–Crippen LogP) is 2.46. The van der Waals surface area contributed by atoms with Gasteiger partial charge in [0, 0.05) is 12.1 Å². The van der Waals surface area contributed by atoms with Gasteiger partial charge in [-0.3, -0.25) is 9.59 Å². The maximum atomic E-state index is 12.7. The van der Waals surface area contributed by atoms with E-state index in [2.05, 4.69) is 10.6 Å². The zero-order valence-electron chi connectivity index (χ0n) is 14.3. The number of nitrogens with two attached hydrogens (primary N) is 1. The quantitative estimate of drug-likeness (QED) is 0.640. The van der Waals surface area contributed by atoms with E-state index >= 15 is 0 Å². The van der Waals surface area contributed by atoms with Crippen molar-refractivity contribution in [3.63, 3.8) is 0 Å². The van der Waals surface area contributed by atoms with E-state index in [1.54, 1.807) is 0 Å². The smallest absolute Gasteiger partial charge is 0.247 e. The van der Waals surface area contributed by atoms with Crippen molar-refractivity contribution in [3.8, 4) is 0 Å². The fraction of sp³-hybridized carbons (Fsp3) is 0.143. The number of fused-ring (bicyclic) bond motifs is 1. The Labute approximate surface area is 152 Å². The van der Waals surface area contributed by atoms with Crippen LogP contribution >= 0.6 is 0 Å². The van der Waals surface area contributed by atoms with Gasteiger partial charge < -0.3 is 16.4 Å². The molecule has 26 heavy (non-hydrogen) atoms. The van der Waals surface area contributed by atoms with Crippen LogP contribution in [-0.4, -0.2) is 24.4 Å². The minimum atomic E-state index is -0.695. The maximum absolute atomic E-state index is 12.7. The highest BCUT2D eigenvalue weighted by Crippen LogP contribution is 2.19. The van der Waals surface area contributed by atoms with Crippen LogP contribution in [0.15, 0.2) is 72.8 Å². The molecular formula is C21H21N3O2. The van der Waals surface area contributed by atoms with E-state index in [0.717, 1.165) is 16.3 Å². The molecule has 0 saturated carbocycles. The average Bonchev–Trinajstić information content (AvgIpc) is 2.68. The molecule has 3 rings (SSSR count). The van der Waals surface area contributed by atoms with Gasteiger partial charge in [0.25, 0.3) is 0 Å². The lowest BCUT2D eigenvalue weighted by atomic mass is 10.0. The van der Waals surface area contributed by atoms with E-state index in [1.165, 1.54) is 0 Å². The Morgan fingerprint density at radius 3 is 2.31 bits per heavy atom. The molecule has 4 N–H and O–H groups in total. The predicted molar refractivity (Wildman–Crippen MR) is 104 cm³/mol. The minimum Gasteiger partial charge on any atom is -0.343 e. The van der Waals surface area contributed by atoms with Crippen LogP contribution in [0.2, 0.25) is 0 Å². The fourth-order valence-electron chi connectivity index (χ4n) is 2.81. The summed E-state index contributed by atoms with van der Waals surface area (Å²) in [6.07, 6.45) is 0.395. The van der Waals surface area contributed by atoms with E-state index in [9.17, 15) is 9.59 Å². The van der Waals surface area contributed by atoms with Crippen molar-refractivity contribution < 1.29 is 9.59 Å². The van der Waals surface area contributed by atoms with Gasteiger partial charge >= 0.3 is 0 Å². The molecule has 0 aliphatic carbocycles. The minimum absolute atomic E-state index is 0.158. The fourth-order valence-corrected chi connectivity index (χ4v) is 2.81. The number of carbonyl (C=O) groups is 2. The summed E-state index contributed by atoms with van der Waals surface area (Å²) in [4.78, 5) is 24.5. The van der Waals surface area contributed by atoms with Gasteiger partial charge in [-0.2, -0.15) is 0 Å². The Hall–Kier alpha value is -3.18. The molecule has 0 radical (unpaired) electrons. The lowest BCUT2D eigenvalue weighted by molar-refractivity contribution is -0.125. The van der Waals surface area contributed by atoms with Crippen LogP contribution in [0.25, 0.3) is 10.8 Å². The van der Waals surface area contributed by atoms with Gasteiger partial charge in [0.1, 0.15) is 6.04 Å². The molecule has 0 heterocycles. The van der Waals surface area contributed by atoms with Crippen LogP contribution in [0.3, 0.4) is 0 Å². The second-order valence-corrected chi connectivity index (χ2v) is 6.07. The van der Waals surface area contributed by atoms with Crippen LogP contribution in [-0.2, 0) is 16.0 Å². The standard InChI is InChI=1S/C21H21N3O2/c22-14-20(25)24-19(12-15-6-2-1-3-7-15)21(26)23-18-11-10-16-8-4-5-9-17(16)13-18/h1-11,13,19H,12,14,22H2,(H,23,26)(H,24,25)/t19-/m0/s1. The maximum Gasteiger partial charge on any atom is 0.247 e. The highest BCUT2D eigenvalue weighted by molar-refractivity contribution is 5.99. The Kier molecular flexibility index (Phi) is 5.61. The topological polar surface area (TPSA) is 84.2 Å². The van der Waals surface area contributed by atoms with Crippen LogP contribution < -0.4 is 16.4 Å². The zero-order chi connectivity index (χ0) is 18.4. The molecule has 5 nitrogen and oxygen atoms in total. The molecule has 1 atom stereocenters. The molecule has 0 unspecified atom stereocenters. The zero-order valence-corrected chi connectivity index (χ0v) is 14.3. The number of carbonyl (C=O) groups excluding carboxylic acids is 2. The molecule has 0 aromatic heterocycles. The molecule has 0 bridgehead atoms. The van der Waals surface area contributed by atoms with Crippen LogP contribution in [0, 0.1) is 0 Å². The first-order valence-electron chi connectivity index (χ1n) is 8.49. The first-order valence-corrected chi connectivity index (χ1v) is 8.49. The molecule has 0 saturated heterocycles. The molecule has 0 aliphatic rings. The van der Waals surface area contributed by atoms with Crippen LogP contribution in [0.4, 0.5) is 5.69 Å². The second-order valence-electron chi connectivity index (χ2n) is 6.07. The Morgan fingerprint density at radius 2 is 1.58 bits per heavy atom. The van der Waals surface area contributed by atoms with Crippen LogP contribution in [0.1, 0.15) is 5.56 Å². The normalized spacial score (nSPS) is 11.7. The Balaban J connectivity index is 1.77. The number of benzene rings is 3. The molecule has 0 fully saturated rings. The van der Waals surface area contributed by atoms with Crippen molar-refractivity contribution in [1.82, 2.24) is 5.32 Å². The largest absolute Gasteiger partial charge is 0.343 e. The second kappa shape index (κ2) is 8.27. The molecule has 3 aromatic rings. The lowest BCUT2D eigenvalue weighted by Crippen LogP contribution is -2.47. The summed E-state index contributed by atoms with van der Waals surface area (Å²) < 4.78 is 0. The highest BCUT2D eigenvalue weighted by atomic mass is 16.2. The molecule has 0 spiro atoms. The van der Waals surface area contributed by atoms with Gasteiger partial charge in [-0.25, -0.2) is 0 Å². The number of nitrogens with one attached hydrogen (secondary N) is 2. The molecule has 132 valence electrons. The van der Waals surface area contributed by atoms with Gasteiger partial charge in [-0.05, 0) is 28.5 Å². The molecule has 0 aliphatic heterocycles. The third-order valence-electron chi connectivity index (χ3n) is 4.14. The van der Waals surface area contributed by atoms with E-state index in [1.807, 2.05) is 72.8 Å².